The van der Waals surface area contributed by atoms with Gasteiger partial charge in [0.2, 0.25) is 0 Å². The number of anilines is 1. The lowest BCUT2D eigenvalue weighted by molar-refractivity contribution is 0.0786. The third-order valence-electron chi connectivity index (χ3n) is 4.25. The minimum Gasteiger partial charge on any atom is -0.384 e. The first kappa shape index (κ1) is 14.9. The Morgan fingerprint density at radius 3 is 2.55 bits per heavy atom. The molecule has 1 N–H and O–H groups in total. The molecule has 1 saturated heterocycles. The van der Waals surface area contributed by atoms with Crippen LogP contribution in [0, 0.1) is 18.8 Å². The first-order chi connectivity index (χ1) is 9.52. The van der Waals surface area contributed by atoms with Crippen molar-refractivity contribution in [2.45, 2.75) is 34.1 Å². The van der Waals surface area contributed by atoms with Gasteiger partial charge in [-0.15, -0.1) is 0 Å². The Morgan fingerprint density at radius 2 is 1.95 bits per heavy atom. The summed E-state index contributed by atoms with van der Waals surface area (Å²) in [5.74, 6) is 1.36. The topological polar surface area (TPSA) is 32.3 Å². The third-order valence-corrected chi connectivity index (χ3v) is 4.25. The van der Waals surface area contributed by atoms with Gasteiger partial charge in [0.25, 0.3) is 5.91 Å². The molecule has 0 spiro atoms. The second kappa shape index (κ2) is 6.29. The van der Waals surface area contributed by atoms with Crippen molar-refractivity contribution in [1.29, 1.82) is 0 Å². The van der Waals surface area contributed by atoms with Crippen LogP contribution < -0.4 is 5.32 Å². The van der Waals surface area contributed by atoms with Gasteiger partial charge in [0.1, 0.15) is 0 Å². The molecule has 1 aromatic carbocycles. The van der Waals surface area contributed by atoms with E-state index in [2.05, 4.69) is 32.2 Å². The lowest BCUT2D eigenvalue weighted by Crippen LogP contribution is -2.29. The number of likely N-dealkylation sites (tertiary alicyclic amines) is 1. The zero-order valence-electron chi connectivity index (χ0n) is 13.1. The minimum atomic E-state index is 0.170. The van der Waals surface area contributed by atoms with Crippen LogP contribution in [0.3, 0.4) is 0 Å². The zero-order valence-corrected chi connectivity index (χ0v) is 13.1. The molecule has 0 aliphatic carbocycles. The molecule has 1 fully saturated rings. The summed E-state index contributed by atoms with van der Waals surface area (Å²) in [6, 6.07) is 6.10. The number of rotatable bonds is 4. The second-order valence-electron chi connectivity index (χ2n) is 6.14. The lowest BCUT2D eigenvalue weighted by Gasteiger charge is -2.19. The van der Waals surface area contributed by atoms with Gasteiger partial charge in [0, 0.05) is 25.3 Å². The van der Waals surface area contributed by atoms with Crippen LogP contribution in [-0.2, 0) is 0 Å². The highest BCUT2D eigenvalue weighted by molar-refractivity contribution is 6.00. The summed E-state index contributed by atoms with van der Waals surface area (Å²) in [6.07, 6.45) is 1.05. The van der Waals surface area contributed by atoms with Crippen LogP contribution in [0.4, 0.5) is 5.69 Å². The van der Waals surface area contributed by atoms with E-state index in [1.165, 1.54) is 0 Å². The Bertz CT molecular complexity index is 474. The van der Waals surface area contributed by atoms with Crippen molar-refractivity contribution < 1.29 is 4.79 Å². The van der Waals surface area contributed by atoms with Crippen molar-refractivity contribution in [2.75, 3.05) is 25.0 Å². The maximum absolute atomic E-state index is 12.8. The van der Waals surface area contributed by atoms with E-state index in [0.29, 0.717) is 11.8 Å². The molecule has 20 heavy (non-hydrogen) atoms. The Labute approximate surface area is 122 Å². The lowest BCUT2D eigenvalue weighted by atomic mass is 10.0. The van der Waals surface area contributed by atoms with E-state index in [0.717, 1.165) is 42.9 Å². The van der Waals surface area contributed by atoms with Crippen molar-refractivity contribution in [3.8, 4) is 0 Å². The van der Waals surface area contributed by atoms with E-state index in [-0.39, 0.29) is 5.91 Å². The highest BCUT2D eigenvalue weighted by atomic mass is 16.2. The molecule has 0 aromatic heterocycles. The number of benzene rings is 1. The van der Waals surface area contributed by atoms with Crippen molar-refractivity contribution >= 4 is 11.6 Å². The molecule has 2 rings (SSSR count). The number of hydrogen-bond acceptors (Lipinski definition) is 2. The SMILES string of the molecule is CCCNc1ccc(C)cc1C(=O)N1CC(C)C(C)C1. The summed E-state index contributed by atoms with van der Waals surface area (Å²) in [7, 11) is 0. The van der Waals surface area contributed by atoms with E-state index in [1.807, 2.05) is 24.0 Å². The van der Waals surface area contributed by atoms with Crippen molar-refractivity contribution in [1.82, 2.24) is 4.90 Å². The summed E-state index contributed by atoms with van der Waals surface area (Å²) in [4.78, 5) is 14.8. The summed E-state index contributed by atoms with van der Waals surface area (Å²) in [5.41, 5.74) is 2.92. The second-order valence-corrected chi connectivity index (χ2v) is 6.14. The fourth-order valence-electron chi connectivity index (χ4n) is 2.71. The molecule has 1 heterocycles. The number of amides is 1. The molecule has 0 saturated carbocycles. The van der Waals surface area contributed by atoms with Crippen LogP contribution in [-0.4, -0.2) is 30.4 Å². The van der Waals surface area contributed by atoms with Crippen LogP contribution in [0.1, 0.15) is 43.1 Å². The van der Waals surface area contributed by atoms with Crippen molar-refractivity contribution in [3.63, 3.8) is 0 Å². The van der Waals surface area contributed by atoms with E-state index in [1.54, 1.807) is 0 Å². The number of aryl methyl sites for hydroxylation is 1. The average Bonchev–Trinajstić information content (AvgIpc) is 2.76. The molecular formula is C17H26N2O. The highest BCUT2D eigenvalue weighted by Crippen LogP contribution is 2.26. The largest absolute Gasteiger partial charge is 0.384 e. The molecule has 3 heteroatoms. The molecular weight excluding hydrogens is 248 g/mol. The van der Waals surface area contributed by atoms with Gasteiger partial charge in [0.15, 0.2) is 0 Å². The van der Waals surface area contributed by atoms with Gasteiger partial charge >= 0.3 is 0 Å². The molecule has 1 aromatic rings. The molecule has 1 amide bonds. The smallest absolute Gasteiger partial charge is 0.255 e. The fourth-order valence-corrected chi connectivity index (χ4v) is 2.71. The van der Waals surface area contributed by atoms with Crippen LogP contribution in [0.25, 0.3) is 0 Å². The third kappa shape index (κ3) is 3.14. The van der Waals surface area contributed by atoms with Gasteiger partial charge in [-0.25, -0.2) is 0 Å². The van der Waals surface area contributed by atoms with E-state index in [4.69, 9.17) is 0 Å². The van der Waals surface area contributed by atoms with Crippen LogP contribution >= 0.6 is 0 Å². The molecule has 1 aliphatic rings. The van der Waals surface area contributed by atoms with Gasteiger partial charge in [-0.1, -0.05) is 32.4 Å². The Kier molecular flexibility index (Phi) is 4.69. The van der Waals surface area contributed by atoms with Gasteiger partial charge in [-0.05, 0) is 37.3 Å². The van der Waals surface area contributed by atoms with E-state index in [9.17, 15) is 4.79 Å². The molecule has 1 aliphatic heterocycles. The number of carbonyl (C=O) groups is 1. The first-order valence-electron chi connectivity index (χ1n) is 7.66. The molecule has 0 radical (unpaired) electrons. The van der Waals surface area contributed by atoms with E-state index < -0.39 is 0 Å². The summed E-state index contributed by atoms with van der Waals surface area (Å²) >= 11 is 0. The molecule has 0 bridgehead atoms. The molecule has 2 atom stereocenters. The van der Waals surface area contributed by atoms with Gasteiger partial charge in [-0.3, -0.25) is 4.79 Å². The summed E-state index contributed by atoms with van der Waals surface area (Å²) in [5, 5.41) is 3.37. The highest BCUT2D eigenvalue weighted by Gasteiger charge is 2.30. The number of nitrogens with one attached hydrogen (secondary N) is 1. The maximum Gasteiger partial charge on any atom is 0.255 e. The first-order valence-corrected chi connectivity index (χ1v) is 7.66. The maximum atomic E-state index is 12.8. The van der Waals surface area contributed by atoms with Crippen molar-refractivity contribution in [3.05, 3.63) is 29.3 Å². The van der Waals surface area contributed by atoms with Gasteiger partial charge in [0.05, 0.1) is 5.56 Å². The van der Waals surface area contributed by atoms with Gasteiger partial charge in [-0.2, -0.15) is 0 Å². The number of nitrogens with zero attached hydrogens (tertiary/aromatic N) is 1. The fraction of sp³-hybridized carbons (Fsp3) is 0.588. The Hall–Kier alpha value is -1.51. The number of carbonyl (C=O) groups excluding carboxylic acids is 1. The van der Waals surface area contributed by atoms with Crippen LogP contribution in [0.2, 0.25) is 0 Å². The summed E-state index contributed by atoms with van der Waals surface area (Å²) < 4.78 is 0. The Morgan fingerprint density at radius 1 is 1.30 bits per heavy atom. The zero-order chi connectivity index (χ0) is 14.7. The Balaban J connectivity index is 2.22. The van der Waals surface area contributed by atoms with Crippen LogP contribution in [0.15, 0.2) is 18.2 Å². The summed E-state index contributed by atoms with van der Waals surface area (Å²) in [6.45, 7) is 11.3. The normalized spacial score (nSPS) is 22.1. The van der Waals surface area contributed by atoms with Gasteiger partial charge < -0.3 is 10.2 Å². The van der Waals surface area contributed by atoms with Crippen molar-refractivity contribution in [2.24, 2.45) is 11.8 Å². The van der Waals surface area contributed by atoms with Crippen LogP contribution in [0.5, 0.6) is 0 Å². The molecule has 110 valence electrons. The quantitative estimate of drug-likeness (QED) is 0.910. The minimum absolute atomic E-state index is 0.170. The predicted octanol–water partition coefficient (Wildman–Crippen LogP) is 3.54. The molecule has 3 nitrogen and oxygen atoms in total. The average molecular weight is 274 g/mol. The number of hydrogen-bond donors (Lipinski definition) is 1. The standard InChI is InChI=1S/C17H26N2O/c1-5-8-18-16-7-6-12(2)9-15(16)17(20)19-10-13(3)14(4)11-19/h6-7,9,13-14,18H,5,8,10-11H2,1-4H3. The predicted molar refractivity (Wildman–Crippen MR) is 84.2 cm³/mol. The molecule has 2 unspecified atom stereocenters. The monoisotopic (exact) mass is 274 g/mol. The van der Waals surface area contributed by atoms with E-state index >= 15 is 0 Å².